The van der Waals surface area contributed by atoms with Gasteiger partial charge in [0.05, 0.1) is 0 Å². The van der Waals surface area contributed by atoms with E-state index < -0.39 is 0 Å². The number of rotatable bonds is 7. The van der Waals surface area contributed by atoms with Crippen LogP contribution in [0.4, 0.5) is 0 Å². The van der Waals surface area contributed by atoms with Crippen molar-refractivity contribution in [2.45, 2.75) is 85.0 Å². The van der Waals surface area contributed by atoms with E-state index in [9.17, 15) is 0 Å². The Morgan fingerprint density at radius 1 is 0.828 bits per heavy atom. The van der Waals surface area contributed by atoms with E-state index in [-0.39, 0.29) is 5.41 Å². The molecule has 0 aromatic heterocycles. The van der Waals surface area contributed by atoms with Crippen LogP contribution in [0.1, 0.15) is 94.5 Å². The average Bonchev–Trinajstić information content (AvgIpc) is 2.72. The monoisotopic (exact) mass is 386 g/mol. The molecular weight excluding hydrogens is 348 g/mol. The zero-order valence-electron chi connectivity index (χ0n) is 19.5. The average molecular weight is 387 g/mol. The maximum Gasteiger partial charge on any atom is -0.0106 e. The fourth-order valence-electron chi connectivity index (χ4n) is 4.21. The first-order chi connectivity index (χ1) is 13.7. The summed E-state index contributed by atoms with van der Waals surface area (Å²) in [6, 6.07) is 21.2. The van der Waals surface area contributed by atoms with E-state index in [0.29, 0.717) is 11.8 Å². The summed E-state index contributed by atoms with van der Waals surface area (Å²) in [6.07, 6.45) is 3.33. The minimum absolute atomic E-state index is 0.221. The molecule has 3 aromatic carbocycles. The van der Waals surface area contributed by atoms with Crippen molar-refractivity contribution in [3.8, 4) is 0 Å². The van der Waals surface area contributed by atoms with Crippen LogP contribution in [0.25, 0.3) is 10.8 Å². The Bertz CT molecular complexity index is 974. The second-order valence-electron chi connectivity index (χ2n) is 9.71. The lowest BCUT2D eigenvalue weighted by molar-refractivity contribution is 0.506. The largest absolute Gasteiger partial charge is 0.0646 e. The molecule has 154 valence electrons. The molecule has 3 aromatic rings. The lowest BCUT2D eigenvalue weighted by atomic mass is 9.80. The van der Waals surface area contributed by atoms with Crippen molar-refractivity contribution in [2.24, 2.45) is 0 Å². The molecule has 1 unspecified atom stereocenters. The van der Waals surface area contributed by atoms with Gasteiger partial charge in [0.2, 0.25) is 0 Å². The molecule has 29 heavy (non-hydrogen) atoms. The Morgan fingerprint density at radius 3 is 2.21 bits per heavy atom. The molecule has 0 radical (unpaired) electrons. The summed E-state index contributed by atoms with van der Waals surface area (Å²) in [4.78, 5) is 0. The summed E-state index contributed by atoms with van der Waals surface area (Å²) < 4.78 is 0. The van der Waals surface area contributed by atoms with E-state index in [2.05, 4.69) is 103 Å². The quantitative estimate of drug-likeness (QED) is 0.381. The highest BCUT2D eigenvalue weighted by molar-refractivity contribution is 5.87. The fourth-order valence-corrected chi connectivity index (χ4v) is 4.21. The van der Waals surface area contributed by atoms with Crippen LogP contribution in [0, 0.1) is 0 Å². The van der Waals surface area contributed by atoms with Crippen molar-refractivity contribution < 1.29 is 0 Å². The summed E-state index contributed by atoms with van der Waals surface area (Å²) >= 11 is 0. The van der Waals surface area contributed by atoms with Gasteiger partial charge in [-0.1, -0.05) is 103 Å². The van der Waals surface area contributed by atoms with Gasteiger partial charge in [-0.3, -0.25) is 0 Å². The summed E-state index contributed by atoms with van der Waals surface area (Å²) in [7, 11) is 0. The Balaban J connectivity index is 1.95. The molecule has 0 N–H and O–H groups in total. The molecule has 1 atom stereocenters. The van der Waals surface area contributed by atoms with Crippen molar-refractivity contribution in [1.82, 2.24) is 0 Å². The molecule has 0 bridgehead atoms. The van der Waals surface area contributed by atoms with Gasteiger partial charge in [-0.25, -0.2) is 0 Å². The smallest absolute Gasteiger partial charge is 0.0106 e. The van der Waals surface area contributed by atoms with Gasteiger partial charge < -0.3 is 0 Å². The van der Waals surface area contributed by atoms with Gasteiger partial charge in [0.1, 0.15) is 0 Å². The second-order valence-corrected chi connectivity index (χ2v) is 9.71. The fraction of sp³-hybridized carbons (Fsp3) is 0.448. The van der Waals surface area contributed by atoms with Crippen molar-refractivity contribution in [3.63, 3.8) is 0 Å². The second kappa shape index (κ2) is 8.74. The van der Waals surface area contributed by atoms with Gasteiger partial charge in [-0.2, -0.15) is 0 Å². The molecule has 0 spiro atoms. The van der Waals surface area contributed by atoms with Crippen LogP contribution in [0.2, 0.25) is 0 Å². The van der Waals surface area contributed by atoms with Gasteiger partial charge in [0.25, 0.3) is 0 Å². The summed E-state index contributed by atoms with van der Waals surface area (Å²) in [6.45, 7) is 16.2. The van der Waals surface area contributed by atoms with E-state index >= 15 is 0 Å². The van der Waals surface area contributed by atoms with E-state index in [1.165, 1.54) is 38.6 Å². The lowest BCUT2D eigenvalue weighted by Gasteiger charge is -2.25. The zero-order valence-corrected chi connectivity index (χ0v) is 19.5. The van der Waals surface area contributed by atoms with Crippen LogP contribution in [-0.2, 0) is 18.3 Å². The maximum atomic E-state index is 2.44. The molecule has 0 nitrogen and oxygen atoms in total. The molecule has 0 aliphatic carbocycles. The molecule has 0 fully saturated rings. The molecule has 0 aliphatic rings. The van der Waals surface area contributed by atoms with Gasteiger partial charge in [-0.15, -0.1) is 0 Å². The normalized spacial score (nSPS) is 13.2. The molecule has 0 aliphatic heterocycles. The van der Waals surface area contributed by atoms with Crippen LogP contribution in [0.5, 0.6) is 0 Å². The molecule has 3 rings (SSSR count). The van der Waals surface area contributed by atoms with Crippen LogP contribution >= 0.6 is 0 Å². The minimum atomic E-state index is 0.221. The Labute approximate surface area is 178 Å². The number of hydrogen-bond donors (Lipinski definition) is 0. The molecule has 0 saturated heterocycles. The molecule has 0 amide bonds. The van der Waals surface area contributed by atoms with Crippen LogP contribution in [0.15, 0.2) is 54.6 Å². The minimum Gasteiger partial charge on any atom is -0.0646 e. The predicted octanol–water partition coefficient (Wildman–Crippen LogP) is 8.56. The van der Waals surface area contributed by atoms with Gasteiger partial charge in [0, 0.05) is 0 Å². The first kappa shape index (κ1) is 21.6. The Morgan fingerprint density at radius 2 is 1.55 bits per heavy atom. The van der Waals surface area contributed by atoms with Gasteiger partial charge in [-0.05, 0) is 75.1 Å². The van der Waals surface area contributed by atoms with Crippen LogP contribution in [0.3, 0.4) is 0 Å². The topological polar surface area (TPSA) is 0 Å². The van der Waals surface area contributed by atoms with Crippen molar-refractivity contribution in [2.75, 3.05) is 0 Å². The van der Waals surface area contributed by atoms with E-state index in [0.717, 1.165) is 19.3 Å². The first-order valence-corrected chi connectivity index (χ1v) is 11.4. The lowest BCUT2D eigenvalue weighted by Crippen LogP contribution is -2.15. The molecule has 0 saturated carbocycles. The highest BCUT2D eigenvalue weighted by Gasteiger charge is 2.19. The zero-order chi connectivity index (χ0) is 21.2. The Hall–Kier alpha value is -2.08. The number of aryl methyl sites for hydroxylation is 1. The van der Waals surface area contributed by atoms with Crippen molar-refractivity contribution in [1.29, 1.82) is 0 Å². The van der Waals surface area contributed by atoms with Crippen molar-refractivity contribution >= 4 is 10.8 Å². The maximum absolute atomic E-state index is 2.44. The summed E-state index contributed by atoms with van der Waals surface area (Å²) in [5.74, 6) is 1.10. The van der Waals surface area contributed by atoms with Gasteiger partial charge in [0.15, 0.2) is 0 Å². The molecule has 0 heteroatoms. The van der Waals surface area contributed by atoms with Crippen molar-refractivity contribution in [3.05, 3.63) is 82.4 Å². The van der Waals surface area contributed by atoms with Gasteiger partial charge >= 0.3 is 0 Å². The number of hydrogen-bond acceptors (Lipinski definition) is 0. The number of benzene rings is 3. The Kier molecular flexibility index (Phi) is 6.52. The molecule has 0 heterocycles. The number of fused-ring (bicyclic) bond motifs is 1. The standard InChI is InChI=1S/C29H38/c1-8-23-18-27(29(6,7)9-2)19-26-16-22(13-14-28(23)26)15-21(5)25-12-10-11-24(17-25)20(3)4/h10-14,16-21H,8-9,15H2,1-7H3. The van der Waals surface area contributed by atoms with Crippen LogP contribution in [-0.4, -0.2) is 0 Å². The highest BCUT2D eigenvalue weighted by atomic mass is 14.2. The third kappa shape index (κ3) is 4.74. The SMILES string of the molecule is CCc1cc(C(C)(C)CC)cc2cc(CC(C)c3cccc(C(C)C)c3)ccc12. The molecular formula is C29H38. The van der Waals surface area contributed by atoms with E-state index in [4.69, 9.17) is 0 Å². The van der Waals surface area contributed by atoms with Crippen LogP contribution < -0.4 is 0 Å². The third-order valence-corrected chi connectivity index (χ3v) is 6.84. The van der Waals surface area contributed by atoms with E-state index in [1.54, 1.807) is 0 Å². The summed E-state index contributed by atoms with van der Waals surface area (Å²) in [5, 5.41) is 2.82. The third-order valence-electron chi connectivity index (χ3n) is 6.84. The first-order valence-electron chi connectivity index (χ1n) is 11.4. The predicted molar refractivity (Wildman–Crippen MR) is 129 cm³/mol. The highest BCUT2D eigenvalue weighted by Crippen LogP contribution is 2.33. The van der Waals surface area contributed by atoms with E-state index in [1.807, 2.05) is 0 Å². The summed E-state index contributed by atoms with van der Waals surface area (Å²) in [5.41, 5.74) is 7.49.